The van der Waals surface area contributed by atoms with Gasteiger partial charge in [-0.05, 0) is 49.5 Å². The highest BCUT2D eigenvalue weighted by atomic mass is 32.1. The van der Waals surface area contributed by atoms with E-state index in [4.69, 9.17) is 10.5 Å². The summed E-state index contributed by atoms with van der Waals surface area (Å²) in [5.74, 6) is -1.24. The van der Waals surface area contributed by atoms with Crippen LogP contribution in [0, 0.1) is 12.7 Å². The monoisotopic (exact) mass is 451 g/mol. The Morgan fingerprint density at radius 2 is 1.97 bits per heavy atom. The standard InChI is InChI=1S/C21H30FN5O3S/c1-13(2)24-9-5-4-6-10-25-21(29)26-20-17(18(23)28)19(27-31-20)30-12-15-8-7-14(3)11-16(15)22/h7-8,11,13,24H,4-6,9-10,12H2,1-3H3,(H2,23,28)(H2,25,26,29). The molecule has 1 heterocycles. The van der Waals surface area contributed by atoms with Crippen molar-refractivity contribution >= 4 is 28.5 Å². The van der Waals surface area contributed by atoms with Gasteiger partial charge in [0, 0.05) is 18.2 Å². The lowest BCUT2D eigenvalue weighted by atomic mass is 10.1. The van der Waals surface area contributed by atoms with Crippen molar-refractivity contribution < 1.29 is 18.7 Å². The molecule has 0 saturated carbocycles. The van der Waals surface area contributed by atoms with Gasteiger partial charge in [-0.2, -0.15) is 4.37 Å². The van der Waals surface area contributed by atoms with E-state index in [-0.39, 0.29) is 23.1 Å². The van der Waals surface area contributed by atoms with Crippen LogP contribution >= 0.6 is 11.5 Å². The molecule has 0 saturated heterocycles. The zero-order valence-electron chi connectivity index (χ0n) is 18.1. The number of urea groups is 1. The van der Waals surface area contributed by atoms with Crippen LogP contribution in [0.4, 0.5) is 14.2 Å². The van der Waals surface area contributed by atoms with Crippen LogP contribution in [0.25, 0.3) is 0 Å². The topological polar surface area (TPSA) is 118 Å². The molecule has 10 heteroatoms. The fourth-order valence-electron chi connectivity index (χ4n) is 2.76. The molecule has 2 aromatic rings. The van der Waals surface area contributed by atoms with E-state index in [1.54, 1.807) is 19.1 Å². The number of primary amides is 1. The Morgan fingerprint density at radius 3 is 2.65 bits per heavy atom. The molecule has 31 heavy (non-hydrogen) atoms. The second-order valence-electron chi connectivity index (χ2n) is 7.49. The first-order valence-electron chi connectivity index (χ1n) is 10.2. The number of hydrogen-bond acceptors (Lipinski definition) is 6. The van der Waals surface area contributed by atoms with E-state index < -0.39 is 17.8 Å². The van der Waals surface area contributed by atoms with Crippen molar-refractivity contribution in [2.24, 2.45) is 5.73 Å². The number of nitrogens with one attached hydrogen (secondary N) is 3. The van der Waals surface area contributed by atoms with Crippen molar-refractivity contribution in [2.75, 3.05) is 18.4 Å². The minimum Gasteiger partial charge on any atom is -0.471 e. The van der Waals surface area contributed by atoms with E-state index in [0.717, 1.165) is 42.9 Å². The number of nitrogens with two attached hydrogens (primary N) is 1. The van der Waals surface area contributed by atoms with Gasteiger partial charge in [0.1, 0.15) is 23.0 Å². The van der Waals surface area contributed by atoms with Crippen molar-refractivity contribution in [3.63, 3.8) is 0 Å². The predicted molar refractivity (Wildman–Crippen MR) is 120 cm³/mol. The van der Waals surface area contributed by atoms with Crippen molar-refractivity contribution in [3.8, 4) is 5.88 Å². The molecule has 0 aliphatic heterocycles. The molecule has 5 N–H and O–H groups in total. The number of anilines is 1. The zero-order valence-corrected chi connectivity index (χ0v) is 18.9. The first-order chi connectivity index (χ1) is 14.8. The molecule has 2 rings (SSSR count). The van der Waals surface area contributed by atoms with Crippen LogP contribution in [-0.2, 0) is 6.61 Å². The van der Waals surface area contributed by atoms with E-state index in [1.165, 1.54) is 6.07 Å². The van der Waals surface area contributed by atoms with Crippen LogP contribution in [0.15, 0.2) is 18.2 Å². The number of carbonyl (C=O) groups is 2. The number of carbonyl (C=O) groups excluding carboxylic acids is 2. The van der Waals surface area contributed by atoms with Crippen LogP contribution in [0.5, 0.6) is 5.88 Å². The quantitative estimate of drug-likeness (QED) is 0.368. The van der Waals surface area contributed by atoms with Gasteiger partial charge < -0.3 is 21.1 Å². The van der Waals surface area contributed by atoms with Gasteiger partial charge >= 0.3 is 6.03 Å². The Morgan fingerprint density at radius 1 is 1.23 bits per heavy atom. The number of amides is 3. The summed E-state index contributed by atoms with van der Waals surface area (Å²) in [4.78, 5) is 24.0. The number of benzene rings is 1. The summed E-state index contributed by atoms with van der Waals surface area (Å²) in [6.45, 7) is 7.32. The molecule has 0 aliphatic rings. The third-order valence-corrected chi connectivity index (χ3v) is 5.14. The Bertz CT molecular complexity index is 888. The summed E-state index contributed by atoms with van der Waals surface area (Å²) in [7, 11) is 0. The normalized spacial score (nSPS) is 10.9. The fraction of sp³-hybridized carbons (Fsp3) is 0.476. The third kappa shape index (κ3) is 8.14. The molecule has 3 amide bonds. The van der Waals surface area contributed by atoms with Crippen molar-refractivity contribution in [3.05, 3.63) is 40.7 Å². The second kappa shape index (κ2) is 12.2. The van der Waals surface area contributed by atoms with Crippen LogP contribution in [0.1, 0.15) is 54.6 Å². The number of rotatable bonds is 12. The summed E-state index contributed by atoms with van der Waals surface area (Å²) < 4.78 is 23.5. The van der Waals surface area contributed by atoms with Gasteiger partial charge in [-0.25, -0.2) is 9.18 Å². The Labute approximate surface area is 185 Å². The summed E-state index contributed by atoms with van der Waals surface area (Å²) in [6.07, 6.45) is 2.86. The van der Waals surface area contributed by atoms with E-state index in [0.29, 0.717) is 18.2 Å². The number of nitrogens with zero attached hydrogens (tertiary/aromatic N) is 1. The number of aryl methyl sites for hydroxylation is 1. The fourth-order valence-corrected chi connectivity index (χ4v) is 3.49. The van der Waals surface area contributed by atoms with Crippen molar-refractivity contribution in [2.45, 2.75) is 52.7 Å². The molecule has 0 bridgehead atoms. The van der Waals surface area contributed by atoms with Crippen LogP contribution in [0.3, 0.4) is 0 Å². The highest BCUT2D eigenvalue weighted by Gasteiger charge is 2.22. The molecular weight excluding hydrogens is 421 g/mol. The predicted octanol–water partition coefficient (Wildman–Crippen LogP) is 3.56. The first kappa shape index (κ1) is 24.5. The van der Waals surface area contributed by atoms with Crippen LogP contribution in [0.2, 0.25) is 0 Å². The average Bonchev–Trinajstić information content (AvgIpc) is 3.09. The molecule has 0 aliphatic carbocycles. The van der Waals surface area contributed by atoms with Crippen LogP contribution < -0.4 is 26.4 Å². The van der Waals surface area contributed by atoms with Gasteiger partial charge in [0.05, 0.1) is 0 Å². The summed E-state index contributed by atoms with van der Waals surface area (Å²) in [6, 6.07) is 4.77. The van der Waals surface area contributed by atoms with E-state index in [9.17, 15) is 14.0 Å². The minimum absolute atomic E-state index is 0.0348. The lowest BCUT2D eigenvalue weighted by Crippen LogP contribution is -2.30. The third-order valence-electron chi connectivity index (χ3n) is 4.40. The maximum Gasteiger partial charge on any atom is 0.319 e. The molecule has 170 valence electrons. The molecule has 0 radical (unpaired) electrons. The molecule has 0 atom stereocenters. The lowest BCUT2D eigenvalue weighted by Gasteiger charge is -2.09. The number of unbranched alkanes of at least 4 members (excludes halogenated alkanes) is 2. The molecule has 1 aromatic carbocycles. The van der Waals surface area contributed by atoms with E-state index >= 15 is 0 Å². The summed E-state index contributed by atoms with van der Waals surface area (Å²) >= 11 is 0.878. The molecule has 0 spiro atoms. The molecular formula is C21H30FN5O3S. The molecule has 0 fully saturated rings. The second-order valence-corrected chi connectivity index (χ2v) is 8.26. The SMILES string of the molecule is Cc1ccc(COc2nsc(NC(=O)NCCCCCNC(C)C)c2C(N)=O)c(F)c1. The van der Waals surface area contributed by atoms with Gasteiger partial charge in [-0.1, -0.05) is 32.4 Å². The lowest BCUT2D eigenvalue weighted by molar-refractivity contribution is 0.0996. The first-order valence-corrected chi connectivity index (χ1v) is 11.0. The van der Waals surface area contributed by atoms with Crippen molar-refractivity contribution in [1.82, 2.24) is 15.0 Å². The van der Waals surface area contributed by atoms with Gasteiger partial charge in [0.15, 0.2) is 0 Å². The van der Waals surface area contributed by atoms with Crippen LogP contribution in [-0.4, -0.2) is 35.4 Å². The highest BCUT2D eigenvalue weighted by Crippen LogP contribution is 2.30. The van der Waals surface area contributed by atoms with Gasteiger partial charge in [-0.15, -0.1) is 0 Å². The summed E-state index contributed by atoms with van der Waals surface area (Å²) in [5.41, 5.74) is 6.52. The van der Waals surface area contributed by atoms with Crippen molar-refractivity contribution in [1.29, 1.82) is 0 Å². The molecule has 1 aromatic heterocycles. The Hall–Kier alpha value is -2.72. The Kier molecular flexibility index (Phi) is 9.67. The van der Waals surface area contributed by atoms with Gasteiger partial charge in [0.25, 0.3) is 5.91 Å². The van der Waals surface area contributed by atoms with E-state index in [2.05, 4.69) is 34.2 Å². The maximum atomic E-state index is 14.0. The maximum absolute atomic E-state index is 14.0. The number of halogens is 1. The molecule has 0 unspecified atom stereocenters. The number of aromatic nitrogens is 1. The van der Waals surface area contributed by atoms with Gasteiger partial charge in [0.2, 0.25) is 5.88 Å². The largest absolute Gasteiger partial charge is 0.471 e. The average molecular weight is 452 g/mol. The number of ether oxygens (including phenoxy) is 1. The molecule has 8 nitrogen and oxygen atoms in total. The zero-order chi connectivity index (χ0) is 22.8. The Balaban J connectivity index is 1.85. The highest BCUT2D eigenvalue weighted by molar-refractivity contribution is 7.11. The smallest absolute Gasteiger partial charge is 0.319 e. The number of hydrogen-bond donors (Lipinski definition) is 4. The minimum atomic E-state index is -0.791. The van der Waals surface area contributed by atoms with Gasteiger partial charge in [-0.3, -0.25) is 10.1 Å². The summed E-state index contributed by atoms with van der Waals surface area (Å²) in [5, 5.41) is 8.85. The van der Waals surface area contributed by atoms with E-state index in [1.807, 2.05) is 0 Å².